The molecule has 0 aliphatic heterocycles. The molecular formula is C15H17ClF2N2OS. The second kappa shape index (κ2) is 8.80. The van der Waals surface area contributed by atoms with Crippen LogP contribution in [0.1, 0.15) is 19.4 Å². The third kappa shape index (κ3) is 4.48. The third-order valence-corrected chi connectivity index (χ3v) is 3.61. The molecule has 2 aromatic rings. The van der Waals surface area contributed by atoms with Gasteiger partial charge in [-0.05, 0) is 37.1 Å². The monoisotopic (exact) mass is 346 g/mol. The zero-order chi connectivity index (χ0) is 16.7. The van der Waals surface area contributed by atoms with Crippen LogP contribution in [0.5, 0.6) is 5.88 Å². The van der Waals surface area contributed by atoms with Crippen molar-refractivity contribution in [2.75, 3.05) is 11.8 Å². The first-order valence-electron chi connectivity index (χ1n) is 6.60. The van der Waals surface area contributed by atoms with Crippen LogP contribution in [0.3, 0.4) is 0 Å². The number of benzene rings is 1. The molecule has 2 rings (SSSR count). The molecule has 1 N–H and O–H groups in total. The molecule has 1 aromatic carbocycles. The van der Waals surface area contributed by atoms with Crippen molar-refractivity contribution < 1.29 is 13.5 Å². The molecule has 0 bridgehead atoms. The Balaban J connectivity index is 0.00000116. The van der Waals surface area contributed by atoms with Crippen LogP contribution in [-0.2, 0) is 0 Å². The molecule has 0 aliphatic rings. The highest BCUT2D eigenvalue weighted by Gasteiger charge is 2.12. The smallest absolute Gasteiger partial charge is 0.228 e. The highest BCUT2D eigenvalue weighted by molar-refractivity contribution is 8.00. The highest BCUT2D eigenvalue weighted by atomic mass is 35.5. The zero-order valence-electron chi connectivity index (χ0n) is 12.7. The summed E-state index contributed by atoms with van der Waals surface area (Å²) in [6.07, 6.45) is 1.45. The molecule has 120 valence electrons. The van der Waals surface area contributed by atoms with Crippen molar-refractivity contribution in [2.24, 2.45) is 0 Å². The number of methoxy groups -OCH3 is 1. The molecule has 0 radical (unpaired) electrons. The molecule has 0 atom stereocenters. The van der Waals surface area contributed by atoms with E-state index < -0.39 is 11.6 Å². The molecule has 1 heterocycles. The summed E-state index contributed by atoms with van der Waals surface area (Å²) in [7, 11) is 1.48. The van der Waals surface area contributed by atoms with Gasteiger partial charge in [0.2, 0.25) is 5.88 Å². The molecule has 22 heavy (non-hydrogen) atoms. The number of aromatic nitrogens is 1. The van der Waals surface area contributed by atoms with E-state index in [0.29, 0.717) is 15.8 Å². The second-order valence-electron chi connectivity index (χ2n) is 3.90. The summed E-state index contributed by atoms with van der Waals surface area (Å²) in [5, 5.41) is 0.436. The van der Waals surface area contributed by atoms with Gasteiger partial charge in [0.1, 0.15) is 5.82 Å². The Hall–Kier alpha value is -1.53. The number of nitrogens with one attached hydrogen (secondary N) is 1. The number of halogens is 3. The summed E-state index contributed by atoms with van der Waals surface area (Å²) in [6, 6.07) is 4.17. The van der Waals surface area contributed by atoms with Gasteiger partial charge in [0.25, 0.3) is 0 Å². The maximum absolute atomic E-state index is 13.8. The molecule has 0 aliphatic carbocycles. The molecule has 0 spiro atoms. The summed E-state index contributed by atoms with van der Waals surface area (Å²) in [5.74, 6) is -0.849. The Morgan fingerprint density at radius 1 is 1.27 bits per heavy atom. The number of rotatable bonds is 4. The number of pyridine rings is 1. The molecular weight excluding hydrogens is 330 g/mol. The second-order valence-corrected chi connectivity index (χ2v) is 5.18. The number of anilines is 1. The standard InChI is InChI=1S/C13H11ClF2N2OS.C2H6/c1-7-9(15)3-4-10(12(7)16)18-20-11-5-8(14)6-17-13(11)19-2;1-2/h3-6,18H,1-2H3;1-2H3. The summed E-state index contributed by atoms with van der Waals surface area (Å²) in [4.78, 5) is 4.59. The number of nitrogens with zero attached hydrogens (tertiary/aromatic N) is 1. The molecule has 0 saturated carbocycles. The number of hydrogen-bond acceptors (Lipinski definition) is 4. The average molecular weight is 347 g/mol. The summed E-state index contributed by atoms with van der Waals surface area (Å²) in [5.41, 5.74) is 0.141. The Bertz CT molecular complexity index is 641. The predicted octanol–water partition coefficient (Wildman–Crippen LogP) is 5.48. The van der Waals surface area contributed by atoms with Crippen molar-refractivity contribution in [1.82, 2.24) is 4.98 Å². The van der Waals surface area contributed by atoms with Gasteiger partial charge in [-0.3, -0.25) is 0 Å². The molecule has 1 aromatic heterocycles. The van der Waals surface area contributed by atoms with Gasteiger partial charge in [-0.2, -0.15) is 0 Å². The van der Waals surface area contributed by atoms with Gasteiger partial charge in [-0.25, -0.2) is 13.8 Å². The van der Waals surface area contributed by atoms with Crippen LogP contribution >= 0.6 is 23.5 Å². The lowest BCUT2D eigenvalue weighted by Crippen LogP contribution is -1.97. The summed E-state index contributed by atoms with van der Waals surface area (Å²) in [6.45, 7) is 5.38. The quantitative estimate of drug-likeness (QED) is 0.744. The minimum atomic E-state index is -0.633. The van der Waals surface area contributed by atoms with E-state index in [0.717, 1.165) is 11.9 Å². The summed E-state index contributed by atoms with van der Waals surface area (Å²) < 4.78 is 34.9. The Morgan fingerprint density at radius 3 is 2.59 bits per heavy atom. The first-order chi connectivity index (χ1) is 10.5. The van der Waals surface area contributed by atoms with Gasteiger partial charge in [0.15, 0.2) is 5.82 Å². The van der Waals surface area contributed by atoms with Crippen LogP contribution in [0, 0.1) is 18.6 Å². The van der Waals surface area contributed by atoms with Gasteiger partial charge in [-0.1, -0.05) is 25.4 Å². The first kappa shape index (κ1) is 18.5. The van der Waals surface area contributed by atoms with Gasteiger partial charge < -0.3 is 9.46 Å². The predicted molar refractivity (Wildman–Crippen MR) is 87.7 cm³/mol. The average Bonchev–Trinajstić information content (AvgIpc) is 2.54. The van der Waals surface area contributed by atoms with Gasteiger partial charge in [0, 0.05) is 11.8 Å². The van der Waals surface area contributed by atoms with Crippen molar-refractivity contribution >= 4 is 29.2 Å². The van der Waals surface area contributed by atoms with Crippen molar-refractivity contribution in [1.29, 1.82) is 0 Å². The SMILES string of the molecule is CC.COc1ncc(Cl)cc1SNc1ccc(F)c(C)c1F. The van der Waals surface area contributed by atoms with E-state index in [9.17, 15) is 8.78 Å². The zero-order valence-corrected chi connectivity index (χ0v) is 14.3. The van der Waals surface area contributed by atoms with Crippen LogP contribution < -0.4 is 9.46 Å². The fourth-order valence-electron chi connectivity index (χ4n) is 1.48. The maximum Gasteiger partial charge on any atom is 0.228 e. The lowest BCUT2D eigenvalue weighted by molar-refractivity contribution is 0.387. The van der Waals surface area contributed by atoms with Gasteiger partial charge >= 0.3 is 0 Å². The molecule has 0 unspecified atom stereocenters. The number of hydrogen-bond donors (Lipinski definition) is 1. The van der Waals surface area contributed by atoms with Crippen LogP contribution in [0.4, 0.5) is 14.5 Å². The minimum Gasteiger partial charge on any atom is -0.480 e. The highest BCUT2D eigenvalue weighted by Crippen LogP contribution is 2.32. The Morgan fingerprint density at radius 2 is 1.95 bits per heavy atom. The van der Waals surface area contributed by atoms with Crippen molar-refractivity contribution in [3.8, 4) is 5.88 Å². The van der Waals surface area contributed by atoms with E-state index in [1.54, 1.807) is 6.07 Å². The van der Waals surface area contributed by atoms with E-state index >= 15 is 0 Å². The molecule has 0 amide bonds. The molecule has 0 fully saturated rings. The maximum atomic E-state index is 13.8. The van der Waals surface area contributed by atoms with Gasteiger partial charge in [0.05, 0.1) is 22.7 Å². The van der Waals surface area contributed by atoms with E-state index in [1.165, 1.54) is 32.4 Å². The largest absolute Gasteiger partial charge is 0.480 e. The fourth-order valence-corrected chi connectivity index (χ4v) is 2.49. The van der Waals surface area contributed by atoms with Crippen LogP contribution in [0.15, 0.2) is 29.3 Å². The Labute approximate surface area is 138 Å². The van der Waals surface area contributed by atoms with E-state index in [2.05, 4.69) is 9.71 Å². The first-order valence-corrected chi connectivity index (χ1v) is 7.79. The normalized spacial score (nSPS) is 9.77. The Kier molecular flexibility index (Phi) is 7.41. The molecule has 7 heteroatoms. The van der Waals surface area contributed by atoms with Gasteiger partial charge in [-0.15, -0.1) is 0 Å². The van der Waals surface area contributed by atoms with E-state index in [1.807, 2.05) is 13.8 Å². The van der Waals surface area contributed by atoms with Crippen LogP contribution in [-0.4, -0.2) is 12.1 Å². The van der Waals surface area contributed by atoms with Crippen molar-refractivity contribution in [3.63, 3.8) is 0 Å². The topological polar surface area (TPSA) is 34.1 Å². The lowest BCUT2D eigenvalue weighted by Gasteiger charge is -2.10. The van der Waals surface area contributed by atoms with E-state index in [4.69, 9.17) is 16.3 Å². The molecule has 0 saturated heterocycles. The third-order valence-electron chi connectivity index (χ3n) is 2.57. The summed E-state index contributed by atoms with van der Waals surface area (Å²) >= 11 is 6.93. The minimum absolute atomic E-state index is 0.0354. The van der Waals surface area contributed by atoms with E-state index in [-0.39, 0.29) is 11.3 Å². The molecule has 3 nitrogen and oxygen atoms in total. The lowest BCUT2D eigenvalue weighted by atomic mass is 10.2. The number of ether oxygens (including phenoxy) is 1. The van der Waals surface area contributed by atoms with Crippen molar-refractivity contribution in [2.45, 2.75) is 25.7 Å². The van der Waals surface area contributed by atoms with Crippen LogP contribution in [0.25, 0.3) is 0 Å². The van der Waals surface area contributed by atoms with Crippen LogP contribution in [0.2, 0.25) is 5.02 Å². The van der Waals surface area contributed by atoms with Crippen molar-refractivity contribution in [3.05, 3.63) is 46.6 Å². The fraction of sp³-hybridized carbons (Fsp3) is 0.267.